The molecule has 2 heterocycles. The van der Waals surface area contributed by atoms with Gasteiger partial charge in [0.15, 0.2) is 5.17 Å². The van der Waals surface area contributed by atoms with Crippen LogP contribution in [0.1, 0.15) is 49.9 Å². The number of hydrogen-bond donors (Lipinski definition) is 1. The van der Waals surface area contributed by atoms with Crippen LogP contribution in [-0.4, -0.2) is 43.3 Å². The number of rotatable bonds is 9. The summed E-state index contributed by atoms with van der Waals surface area (Å²) >= 11 is 1.43. The number of aliphatic imine (C=N–C) groups is 1. The van der Waals surface area contributed by atoms with Gasteiger partial charge in [0.1, 0.15) is 11.5 Å². The van der Waals surface area contributed by atoms with Gasteiger partial charge in [-0.25, -0.2) is 9.79 Å². The number of allylic oxidation sites excluding steroid dienone is 1. The van der Waals surface area contributed by atoms with Crippen molar-refractivity contribution in [2.45, 2.75) is 38.8 Å². The topological polar surface area (TPSA) is 89.5 Å². The lowest BCUT2D eigenvalue weighted by Gasteiger charge is -2.37. The van der Waals surface area contributed by atoms with E-state index in [0.717, 1.165) is 16.8 Å². The van der Waals surface area contributed by atoms with Crippen LogP contribution >= 0.6 is 11.8 Å². The maximum atomic E-state index is 13.1. The third kappa shape index (κ3) is 5.36. The van der Waals surface area contributed by atoms with Gasteiger partial charge in [-0.05, 0) is 36.4 Å². The number of ether oxygens (including phenoxy) is 3. The number of nitrogens with one attached hydrogen (secondary N) is 1. The number of nitrogens with zero attached hydrogens (tertiary/aromatic N) is 2. The number of fused-ring (bicyclic) bond motifs is 1. The van der Waals surface area contributed by atoms with E-state index in [1.165, 1.54) is 18.9 Å². The van der Waals surface area contributed by atoms with Gasteiger partial charge in [0, 0.05) is 17.3 Å². The summed E-state index contributed by atoms with van der Waals surface area (Å²) in [5.41, 5.74) is 3.57. The number of esters is 1. The number of carbonyl (C=O) groups excluding carboxylic acids is 2. The van der Waals surface area contributed by atoms with Gasteiger partial charge in [-0.3, -0.25) is 4.79 Å². The highest BCUT2D eigenvalue weighted by atomic mass is 32.2. The fourth-order valence-corrected chi connectivity index (χ4v) is 5.47. The fourth-order valence-electron chi connectivity index (χ4n) is 4.53. The molecule has 194 valence electrons. The average Bonchev–Trinajstić information content (AvgIpc) is 3.33. The Hall–Kier alpha value is -3.72. The van der Waals surface area contributed by atoms with Crippen LogP contribution in [0.15, 0.2) is 75.9 Å². The Kier molecular flexibility index (Phi) is 8.23. The molecule has 0 saturated heterocycles. The largest absolute Gasteiger partial charge is 0.497 e. The normalized spacial score (nSPS) is 17.4. The van der Waals surface area contributed by atoms with Crippen molar-refractivity contribution in [3.63, 3.8) is 0 Å². The Morgan fingerprint density at radius 2 is 1.86 bits per heavy atom. The Labute approximate surface area is 221 Å². The van der Waals surface area contributed by atoms with E-state index in [1.54, 1.807) is 20.3 Å². The lowest BCUT2D eigenvalue weighted by Crippen LogP contribution is -2.38. The highest BCUT2D eigenvalue weighted by Crippen LogP contribution is 2.48. The number of amides is 1. The summed E-state index contributed by atoms with van der Waals surface area (Å²) in [4.78, 5) is 33.0. The molecule has 0 bridgehead atoms. The summed E-state index contributed by atoms with van der Waals surface area (Å²) in [5, 5.41) is 5.69. The highest BCUT2D eigenvalue weighted by molar-refractivity contribution is 8.16. The molecule has 0 aromatic heterocycles. The minimum Gasteiger partial charge on any atom is -0.497 e. The van der Waals surface area contributed by atoms with Gasteiger partial charge in [-0.2, -0.15) is 0 Å². The SMILES string of the molecule is CCC1=C(C(=O)OC)[C@@H](c2ccc(OC)cc2OC)N2C(CC(=O)N[C@@H](C)c3ccccc3)=CSC2=N1. The number of thioether (sulfide) groups is 1. The van der Waals surface area contributed by atoms with E-state index in [-0.39, 0.29) is 18.4 Å². The minimum absolute atomic E-state index is 0.119. The van der Waals surface area contributed by atoms with Crippen molar-refractivity contribution in [2.75, 3.05) is 21.3 Å². The molecule has 0 saturated carbocycles. The number of hydrogen-bond acceptors (Lipinski definition) is 8. The quantitative estimate of drug-likeness (QED) is 0.459. The molecule has 2 aromatic rings. The predicted octanol–water partition coefficient (Wildman–Crippen LogP) is 5.11. The molecule has 0 unspecified atom stereocenters. The maximum absolute atomic E-state index is 13.1. The molecule has 8 nitrogen and oxygen atoms in total. The van der Waals surface area contributed by atoms with Crippen LogP contribution in [0.4, 0.5) is 0 Å². The Balaban J connectivity index is 1.71. The van der Waals surface area contributed by atoms with Gasteiger partial charge >= 0.3 is 5.97 Å². The van der Waals surface area contributed by atoms with Crippen LogP contribution in [0.5, 0.6) is 11.5 Å². The number of methoxy groups -OCH3 is 3. The molecule has 1 N–H and O–H groups in total. The van der Waals surface area contributed by atoms with Crippen molar-refractivity contribution in [1.82, 2.24) is 10.2 Å². The van der Waals surface area contributed by atoms with Gasteiger partial charge in [0.05, 0.1) is 51.1 Å². The van der Waals surface area contributed by atoms with E-state index in [2.05, 4.69) is 5.32 Å². The van der Waals surface area contributed by atoms with Crippen molar-refractivity contribution >= 4 is 28.8 Å². The molecule has 2 atom stereocenters. The third-order valence-electron chi connectivity index (χ3n) is 6.38. The zero-order valence-corrected chi connectivity index (χ0v) is 22.4. The monoisotopic (exact) mass is 521 g/mol. The predicted molar refractivity (Wildman–Crippen MR) is 144 cm³/mol. The van der Waals surface area contributed by atoms with Crippen LogP contribution < -0.4 is 14.8 Å². The zero-order chi connectivity index (χ0) is 26.5. The van der Waals surface area contributed by atoms with Gasteiger partial charge in [-0.1, -0.05) is 49.0 Å². The average molecular weight is 522 g/mol. The zero-order valence-electron chi connectivity index (χ0n) is 21.6. The molecule has 0 radical (unpaired) electrons. The molecular weight excluding hydrogens is 490 g/mol. The molecule has 0 aliphatic carbocycles. The van der Waals surface area contributed by atoms with Crippen LogP contribution in [0.2, 0.25) is 0 Å². The van der Waals surface area contributed by atoms with Crippen molar-refractivity contribution in [2.24, 2.45) is 4.99 Å². The Bertz CT molecular complexity index is 1270. The Morgan fingerprint density at radius 3 is 2.51 bits per heavy atom. The Morgan fingerprint density at radius 1 is 1.11 bits per heavy atom. The second-order valence-corrected chi connectivity index (χ2v) is 9.42. The van der Waals surface area contributed by atoms with E-state index < -0.39 is 12.0 Å². The molecule has 1 amide bonds. The lowest BCUT2D eigenvalue weighted by molar-refractivity contribution is -0.136. The smallest absolute Gasteiger partial charge is 0.338 e. The summed E-state index contributed by atoms with van der Waals surface area (Å²) in [7, 11) is 4.52. The first-order valence-corrected chi connectivity index (χ1v) is 12.9. The van der Waals surface area contributed by atoms with Gasteiger partial charge in [0.25, 0.3) is 0 Å². The molecule has 2 aliphatic rings. The van der Waals surface area contributed by atoms with Crippen LogP contribution in [0, 0.1) is 0 Å². The van der Waals surface area contributed by atoms with Crippen molar-refractivity contribution in [3.8, 4) is 11.5 Å². The van der Waals surface area contributed by atoms with Crippen molar-refractivity contribution in [1.29, 1.82) is 0 Å². The van der Waals surface area contributed by atoms with E-state index in [9.17, 15) is 9.59 Å². The molecule has 0 spiro atoms. The second kappa shape index (κ2) is 11.6. The van der Waals surface area contributed by atoms with Crippen molar-refractivity contribution < 1.29 is 23.8 Å². The first-order valence-electron chi connectivity index (χ1n) is 12.0. The fraction of sp³-hybridized carbons (Fsp3) is 0.321. The summed E-state index contributed by atoms with van der Waals surface area (Å²) in [6.07, 6.45) is 0.662. The van der Waals surface area contributed by atoms with Crippen molar-refractivity contribution in [3.05, 3.63) is 82.0 Å². The van der Waals surface area contributed by atoms with Crippen LogP contribution in [0.25, 0.3) is 0 Å². The summed E-state index contributed by atoms with van der Waals surface area (Å²) in [6, 6.07) is 14.6. The highest BCUT2D eigenvalue weighted by Gasteiger charge is 2.42. The van der Waals surface area contributed by atoms with E-state index >= 15 is 0 Å². The van der Waals surface area contributed by atoms with Gasteiger partial charge < -0.3 is 24.4 Å². The first-order chi connectivity index (χ1) is 17.9. The lowest BCUT2D eigenvalue weighted by atomic mass is 9.92. The van der Waals surface area contributed by atoms with Gasteiger partial charge in [-0.15, -0.1) is 0 Å². The summed E-state index contributed by atoms with van der Waals surface area (Å²) in [6.45, 7) is 3.90. The molecule has 9 heteroatoms. The maximum Gasteiger partial charge on any atom is 0.338 e. The van der Waals surface area contributed by atoms with E-state index in [0.29, 0.717) is 34.4 Å². The molecule has 4 rings (SSSR count). The summed E-state index contributed by atoms with van der Waals surface area (Å²) < 4.78 is 16.3. The summed E-state index contributed by atoms with van der Waals surface area (Å²) in [5.74, 6) is 0.585. The first kappa shape index (κ1) is 26.3. The third-order valence-corrected chi connectivity index (χ3v) is 7.27. The van der Waals surface area contributed by atoms with E-state index in [4.69, 9.17) is 19.2 Å². The van der Waals surface area contributed by atoms with Gasteiger partial charge in [0.2, 0.25) is 5.91 Å². The molecule has 2 aliphatic heterocycles. The minimum atomic E-state index is -0.587. The van der Waals surface area contributed by atoms with E-state index in [1.807, 2.05) is 66.6 Å². The van der Waals surface area contributed by atoms with Crippen LogP contribution in [-0.2, 0) is 14.3 Å². The standard InChI is InChI=1S/C28H31N3O5S/c1-6-22-25(27(33)36-5)26(21-13-12-20(34-3)15-23(21)35-4)31-19(16-37-28(31)30-22)14-24(32)29-17(2)18-10-8-7-9-11-18/h7-13,15-17,26H,6,14H2,1-5H3,(H,29,32)/t17-,26+/m0/s1. The van der Waals surface area contributed by atoms with Crippen LogP contribution in [0.3, 0.4) is 0 Å². The second-order valence-electron chi connectivity index (χ2n) is 8.58. The number of amidine groups is 1. The number of carbonyl (C=O) groups is 2. The molecule has 2 aromatic carbocycles. The molecular formula is C28H31N3O5S. The molecule has 0 fully saturated rings. The molecule has 37 heavy (non-hydrogen) atoms. The number of benzene rings is 2.